The molecule has 9 heteroatoms. The van der Waals surface area contributed by atoms with E-state index in [1.807, 2.05) is 10.6 Å². The number of hydrogen-bond donors (Lipinski definition) is 1. The lowest BCUT2D eigenvalue weighted by molar-refractivity contribution is 0.148. The number of methoxy groups -OCH3 is 3. The van der Waals surface area contributed by atoms with Gasteiger partial charge in [-0.1, -0.05) is 26.0 Å². The Bertz CT molecular complexity index is 1210. The van der Waals surface area contributed by atoms with E-state index in [1.54, 1.807) is 21.3 Å². The van der Waals surface area contributed by atoms with Crippen LogP contribution in [0.5, 0.6) is 17.2 Å². The highest BCUT2D eigenvalue weighted by Crippen LogP contribution is 2.48. The third-order valence-electron chi connectivity index (χ3n) is 6.56. The molecule has 1 aliphatic rings. The monoisotopic (exact) mass is 497 g/mol. The summed E-state index contributed by atoms with van der Waals surface area (Å²) in [5, 5.41) is 7.54. The molecule has 0 amide bonds. The van der Waals surface area contributed by atoms with Crippen molar-refractivity contribution in [1.82, 2.24) is 24.6 Å². The van der Waals surface area contributed by atoms with Crippen LogP contribution in [0.1, 0.15) is 30.9 Å². The molecule has 2 heterocycles. The predicted octanol–water partition coefficient (Wildman–Crippen LogP) is 4.49. The molecule has 0 atom stereocenters. The molecule has 0 saturated carbocycles. The highest BCUT2D eigenvalue weighted by atomic mass is 32.1. The van der Waals surface area contributed by atoms with Crippen molar-refractivity contribution in [3.8, 4) is 34.3 Å². The van der Waals surface area contributed by atoms with E-state index in [1.165, 1.54) is 5.56 Å². The normalized spacial score (nSPS) is 14.9. The summed E-state index contributed by atoms with van der Waals surface area (Å²) >= 11 is 5.64. The first kappa shape index (κ1) is 25.2. The Morgan fingerprint density at radius 2 is 1.57 bits per heavy atom. The number of nitrogens with one attached hydrogen (secondary N) is 1. The van der Waals surface area contributed by atoms with Gasteiger partial charge in [-0.15, -0.1) is 0 Å². The third kappa shape index (κ3) is 5.07. The molecule has 0 aliphatic carbocycles. The van der Waals surface area contributed by atoms with Crippen LogP contribution in [0.3, 0.4) is 0 Å². The van der Waals surface area contributed by atoms with Crippen molar-refractivity contribution in [2.75, 3.05) is 54.6 Å². The lowest BCUT2D eigenvalue weighted by atomic mass is 9.97. The topological polar surface area (TPSA) is 67.8 Å². The lowest BCUT2D eigenvalue weighted by Crippen LogP contribution is -2.43. The molecule has 3 aromatic rings. The van der Waals surface area contributed by atoms with Crippen molar-refractivity contribution >= 4 is 12.2 Å². The van der Waals surface area contributed by atoms with Gasteiger partial charge in [-0.25, -0.2) is 0 Å². The molecular weight excluding hydrogens is 462 g/mol. The number of rotatable bonds is 8. The van der Waals surface area contributed by atoms with Crippen LogP contribution in [0.25, 0.3) is 17.1 Å². The minimum absolute atomic E-state index is 0.202. The number of aromatic amines is 1. The fourth-order valence-electron chi connectivity index (χ4n) is 4.57. The first-order valence-electron chi connectivity index (χ1n) is 11.9. The smallest absolute Gasteiger partial charge is 0.204 e. The molecule has 1 N–H and O–H groups in total. The summed E-state index contributed by atoms with van der Waals surface area (Å²) in [7, 11) is 7.05. The SMILES string of the molecule is COc1c(-c2n[nH]c(=S)n2-c2ccc(CN3CCN(C)CC3)cc2)cc(C(C)C)c(OC)c1OC. The van der Waals surface area contributed by atoms with Gasteiger partial charge in [-0.2, -0.15) is 5.10 Å². The highest BCUT2D eigenvalue weighted by Gasteiger charge is 2.26. The second-order valence-corrected chi connectivity index (χ2v) is 9.59. The summed E-state index contributed by atoms with van der Waals surface area (Å²) in [6.07, 6.45) is 0. The third-order valence-corrected chi connectivity index (χ3v) is 6.84. The maximum atomic E-state index is 5.80. The number of H-pyrrole nitrogens is 1. The number of nitrogens with zero attached hydrogens (tertiary/aromatic N) is 4. The summed E-state index contributed by atoms with van der Waals surface area (Å²) in [6, 6.07) is 10.6. The molecule has 0 radical (unpaired) electrons. The van der Waals surface area contributed by atoms with Gasteiger partial charge in [-0.3, -0.25) is 14.6 Å². The van der Waals surface area contributed by atoms with Gasteiger partial charge in [0.05, 0.1) is 26.9 Å². The van der Waals surface area contributed by atoms with Gasteiger partial charge >= 0.3 is 0 Å². The largest absolute Gasteiger partial charge is 0.492 e. The zero-order chi connectivity index (χ0) is 25.1. The standard InChI is InChI=1S/C26H35N5O3S/c1-17(2)20-15-21(23(33-5)24(34-6)22(20)32-4)25-27-28-26(35)31(25)19-9-7-18(8-10-19)16-30-13-11-29(3)12-14-30/h7-10,15,17H,11-14,16H2,1-6H3,(H,28,35). The molecule has 35 heavy (non-hydrogen) atoms. The lowest BCUT2D eigenvalue weighted by Gasteiger charge is -2.32. The fourth-order valence-corrected chi connectivity index (χ4v) is 4.81. The van der Waals surface area contributed by atoms with Gasteiger partial charge in [0.15, 0.2) is 22.1 Å². The Hall–Kier alpha value is -2.88. The Balaban J connectivity index is 1.74. The summed E-state index contributed by atoms with van der Waals surface area (Å²) in [5.41, 5.74) is 4.00. The fraction of sp³-hybridized carbons (Fsp3) is 0.462. The van der Waals surface area contributed by atoms with Crippen LogP contribution in [-0.4, -0.2) is 79.1 Å². The van der Waals surface area contributed by atoms with Crippen LogP contribution in [0.2, 0.25) is 0 Å². The molecule has 1 saturated heterocycles. The van der Waals surface area contributed by atoms with Gasteiger partial charge in [0.1, 0.15) is 0 Å². The van der Waals surface area contributed by atoms with E-state index in [0.29, 0.717) is 27.8 Å². The van der Waals surface area contributed by atoms with E-state index >= 15 is 0 Å². The molecule has 1 aromatic heterocycles. The van der Waals surface area contributed by atoms with Gasteiger partial charge in [0, 0.05) is 44.0 Å². The number of hydrogen-bond acceptors (Lipinski definition) is 7. The van der Waals surface area contributed by atoms with E-state index in [9.17, 15) is 0 Å². The Morgan fingerprint density at radius 1 is 0.943 bits per heavy atom. The molecule has 4 rings (SSSR count). The summed E-state index contributed by atoms with van der Waals surface area (Å²) in [5.74, 6) is 2.61. The zero-order valence-electron chi connectivity index (χ0n) is 21.4. The number of ether oxygens (including phenoxy) is 3. The van der Waals surface area contributed by atoms with Crippen molar-refractivity contribution in [3.63, 3.8) is 0 Å². The predicted molar refractivity (Wildman–Crippen MR) is 141 cm³/mol. The maximum absolute atomic E-state index is 5.80. The molecule has 8 nitrogen and oxygen atoms in total. The highest BCUT2D eigenvalue weighted by molar-refractivity contribution is 7.71. The second kappa shape index (κ2) is 10.8. The molecule has 0 unspecified atom stereocenters. The van der Waals surface area contributed by atoms with Crippen molar-refractivity contribution in [1.29, 1.82) is 0 Å². The van der Waals surface area contributed by atoms with E-state index in [4.69, 9.17) is 26.4 Å². The van der Waals surface area contributed by atoms with E-state index < -0.39 is 0 Å². The van der Waals surface area contributed by atoms with Gasteiger partial charge in [0.2, 0.25) is 5.75 Å². The van der Waals surface area contributed by atoms with Gasteiger partial charge in [-0.05, 0) is 48.9 Å². The maximum Gasteiger partial charge on any atom is 0.204 e. The molecule has 1 aliphatic heterocycles. The van der Waals surface area contributed by atoms with Crippen molar-refractivity contribution in [3.05, 3.63) is 46.2 Å². The number of aromatic nitrogens is 3. The summed E-state index contributed by atoms with van der Waals surface area (Å²) < 4.78 is 19.7. The van der Waals surface area contributed by atoms with Gasteiger partial charge in [0.25, 0.3) is 0 Å². The number of likely N-dealkylation sites (N-methyl/N-ethyl adjacent to an activating group) is 1. The molecule has 1 fully saturated rings. The van der Waals surface area contributed by atoms with Crippen LogP contribution in [0, 0.1) is 4.77 Å². The molecule has 0 bridgehead atoms. The van der Waals surface area contributed by atoms with Crippen molar-refractivity contribution in [2.24, 2.45) is 0 Å². The second-order valence-electron chi connectivity index (χ2n) is 9.20. The van der Waals surface area contributed by atoms with Crippen molar-refractivity contribution in [2.45, 2.75) is 26.3 Å². The minimum atomic E-state index is 0.202. The number of benzene rings is 2. The minimum Gasteiger partial charge on any atom is -0.492 e. The molecule has 0 spiro atoms. The zero-order valence-corrected chi connectivity index (χ0v) is 22.2. The van der Waals surface area contributed by atoms with E-state index in [0.717, 1.165) is 49.5 Å². The summed E-state index contributed by atoms with van der Waals surface area (Å²) in [6.45, 7) is 9.57. The quantitative estimate of drug-likeness (QED) is 0.460. The van der Waals surface area contributed by atoms with E-state index in [2.05, 4.69) is 65.2 Å². The van der Waals surface area contributed by atoms with Crippen molar-refractivity contribution < 1.29 is 14.2 Å². The van der Waals surface area contributed by atoms with Gasteiger partial charge < -0.3 is 19.1 Å². The molecule has 2 aromatic carbocycles. The van der Waals surface area contributed by atoms with Crippen LogP contribution in [0.4, 0.5) is 0 Å². The summed E-state index contributed by atoms with van der Waals surface area (Å²) in [4.78, 5) is 4.86. The first-order valence-corrected chi connectivity index (χ1v) is 12.3. The van der Waals surface area contributed by atoms with Crippen LogP contribution in [0.15, 0.2) is 30.3 Å². The molecule has 188 valence electrons. The Morgan fingerprint density at radius 3 is 2.14 bits per heavy atom. The van der Waals surface area contributed by atoms with Crippen LogP contribution < -0.4 is 14.2 Å². The van der Waals surface area contributed by atoms with Crippen LogP contribution in [-0.2, 0) is 6.54 Å². The average Bonchev–Trinajstić information content (AvgIpc) is 3.25. The average molecular weight is 498 g/mol. The number of piperazine rings is 1. The molecular formula is C26H35N5O3S. The Kier molecular flexibility index (Phi) is 7.78. The van der Waals surface area contributed by atoms with E-state index in [-0.39, 0.29) is 5.92 Å². The first-order chi connectivity index (χ1) is 16.9. The Labute approximate surface area is 212 Å². The van der Waals surface area contributed by atoms with Crippen LogP contribution >= 0.6 is 12.2 Å².